The highest BCUT2D eigenvalue weighted by atomic mass is 19.4. The van der Waals surface area contributed by atoms with Crippen LogP contribution in [0.2, 0.25) is 0 Å². The first kappa shape index (κ1) is 21.1. The summed E-state index contributed by atoms with van der Waals surface area (Å²) in [5, 5.41) is 14.5. The lowest BCUT2D eigenvalue weighted by Gasteiger charge is -2.15. The Bertz CT molecular complexity index is 1040. The first-order valence-electron chi connectivity index (χ1n) is 9.32. The Morgan fingerprint density at radius 2 is 1.57 bits per heavy atom. The molecule has 5 nitrogen and oxygen atoms in total. The van der Waals surface area contributed by atoms with Gasteiger partial charge in [-0.2, -0.15) is 23.4 Å². The van der Waals surface area contributed by atoms with Gasteiger partial charge in [-0.15, -0.1) is 0 Å². The highest BCUT2D eigenvalue weighted by Gasteiger charge is 2.35. The van der Waals surface area contributed by atoms with Crippen molar-refractivity contribution in [2.45, 2.75) is 26.4 Å². The lowest BCUT2D eigenvalue weighted by Crippen LogP contribution is -2.12. The number of nitrogens with zero attached hydrogens (tertiary/aromatic N) is 3. The zero-order valence-corrected chi connectivity index (χ0v) is 16.5. The van der Waals surface area contributed by atoms with Gasteiger partial charge in [-0.05, 0) is 54.3 Å². The number of aromatic nitrogens is 2. The number of nitriles is 1. The van der Waals surface area contributed by atoms with E-state index >= 15 is 0 Å². The summed E-state index contributed by atoms with van der Waals surface area (Å²) in [6.45, 7) is 4.20. The van der Waals surface area contributed by atoms with Crippen molar-refractivity contribution in [1.82, 2.24) is 9.97 Å². The zero-order chi connectivity index (χ0) is 21.7. The van der Waals surface area contributed by atoms with Crippen molar-refractivity contribution < 1.29 is 13.2 Å². The van der Waals surface area contributed by atoms with Crippen LogP contribution in [0.3, 0.4) is 0 Å². The van der Waals surface area contributed by atoms with Crippen LogP contribution in [0, 0.1) is 17.2 Å². The van der Waals surface area contributed by atoms with Crippen LogP contribution in [-0.2, 0) is 12.6 Å². The van der Waals surface area contributed by atoms with E-state index < -0.39 is 11.7 Å². The SMILES string of the molecule is CC(C)Cc1ccc(Nc2nc(Nc3ccc(C#N)cc3)ncc2C(F)(F)F)cc1. The van der Waals surface area contributed by atoms with E-state index in [9.17, 15) is 13.2 Å². The third-order valence-electron chi connectivity index (χ3n) is 4.22. The molecule has 8 heteroatoms. The second-order valence-corrected chi connectivity index (χ2v) is 7.19. The highest BCUT2D eigenvalue weighted by Crippen LogP contribution is 2.35. The van der Waals surface area contributed by atoms with E-state index in [1.54, 1.807) is 36.4 Å². The van der Waals surface area contributed by atoms with Gasteiger partial charge in [0.1, 0.15) is 11.4 Å². The maximum atomic E-state index is 13.4. The van der Waals surface area contributed by atoms with Gasteiger partial charge in [-0.1, -0.05) is 26.0 Å². The van der Waals surface area contributed by atoms with Crippen LogP contribution < -0.4 is 10.6 Å². The summed E-state index contributed by atoms with van der Waals surface area (Å²) < 4.78 is 40.3. The molecule has 0 fully saturated rings. The Morgan fingerprint density at radius 3 is 2.13 bits per heavy atom. The normalized spacial score (nSPS) is 11.2. The number of hydrogen-bond acceptors (Lipinski definition) is 5. The van der Waals surface area contributed by atoms with E-state index in [4.69, 9.17) is 5.26 Å². The van der Waals surface area contributed by atoms with Crippen molar-refractivity contribution in [1.29, 1.82) is 5.26 Å². The standard InChI is InChI=1S/C22H20F3N5/c1-14(2)11-15-3-7-17(8-4-15)28-20-19(22(23,24)25)13-27-21(30-20)29-18-9-5-16(12-26)6-10-18/h3-10,13-14H,11H2,1-2H3,(H2,27,28,29,30). The van der Waals surface area contributed by atoms with Gasteiger partial charge in [0.2, 0.25) is 5.95 Å². The second kappa shape index (κ2) is 8.82. The van der Waals surface area contributed by atoms with E-state index in [1.807, 2.05) is 18.2 Å². The van der Waals surface area contributed by atoms with Gasteiger partial charge in [0.15, 0.2) is 0 Å². The predicted octanol–water partition coefficient (Wildman–Crippen LogP) is 6.05. The third kappa shape index (κ3) is 5.47. The van der Waals surface area contributed by atoms with Crippen molar-refractivity contribution in [2.24, 2.45) is 5.92 Å². The Kier molecular flexibility index (Phi) is 6.21. The number of halogens is 3. The van der Waals surface area contributed by atoms with E-state index in [-0.39, 0.29) is 11.8 Å². The third-order valence-corrected chi connectivity index (χ3v) is 4.22. The molecule has 0 aliphatic carbocycles. The van der Waals surface area contributed by atoms with Crippen molar-refractivity contribution >= 4 is 23.1 Å². The van der Waals surface area contributed by atoms with Gasteiger partial charge >= 0.3 is 6.18 Å². The molecule has 2 N–H and O–H groups in total. The molecule has 0 saturated carbocycles. The molecule has 0 bridgehead atoms. The number of benzene rings is 2. The van der Waals surface area contributed by atoms with E-state index in [0.29, 0.717) is 22.9 Å². The maximum Gasteiger partial charge on any atom is 0.421 e. The molecule has 3 rings (SSSR count). The molecule has 0 amide bonds. The number of alkyl halides is 3. The average Bonchev–Trinajstić information content (AvgIpc) is 2.69. The van der Waals surface area contributed by atoms with E-state index in [1.165, 1.54) is 0 Å². The molecule has 0 spiro atoms. The summed E-state index contributed by atoms with van der Waals surface area (Å²) in [6, 6.07) is 15.6. The summed E-state index contributed by atoms with van der Waals surface area (Å²) >= 11 is 0. The minimum atomic E-state index is -4.60. The van der Waals surface area contributed by atoms with Crippen molar-refractivity contribution in [3.8, 4) is 6.07 Å². The number of nitrogens with one attached hydrogen (secondary N) is 2. The molecule has 0 aliphatic rings. The van der Waals surface area contributed by atoms with Crippen LogP contribution in [0.15, 0.2) is 54.7 Å². The lowest BCUT2D eigenvalue weighted by molar-refractivity contribution is -0.137. The van der Waals surface area contributed by atoms with Crippen LogP contribution in [0.25, 0.3) is 0 Å². The number of rotatable bonds is 6. The maximum absolute atomic E-state index is 13.4. The Labute approximate surface area is 172 Å². The van der Waals surface area contributed by atoms with Gasteiger partial charge in [-0.3, -0.25) is 0 Å². The first-order valence-corrected chi connectivity index (χ1v) is 9.32. The van der Waals surface area contributed by atoms with Crippen LogP contribution in [-0.4, -0.2) is 9.97 Å². The minimum absolute atomic E-state index is 0.00614. The monoisotopic (exact) mass is 411 g/mol. The van der Waals surface area contributed by atoms with Crippen molar-refractivity contribution in [3.63, 3.8) is 0 Å². The summed E-state index contributed by atoms with van der Waals surface area (Å²) in [5.74, 6) is 0.148. The molecule has 3 aromatic rings. The lowest BCUT2D eigenvalue weighted by atomic mass is 10.0. The fraction of sp³-hybridized carbons (Fsp3) is 0.227. The molecule has 0 unspecified atom stereocenters. The zero-order valence-electron chi connectivity index (χ0n) is 16.5. The molecule has 30 heavy (non-hydrogen) atoms. The quantitative estimate of drug-likeness (QED) is 0.516. The van der Waals surface area contributed by atoms with Gasteiger partial charge in [0.25, 0.3) is 0 Å². The fourth-order valence-corrected chi connectivity index (χ4v) is 2.83. The van der Waals surface area contributed by atoms with Crippen molar-refractivity contribution in [2.75, 3.05) is 10.6 Å². The van der Waals surface area contributed by atoms with Crippen LogP contribution in [0.4, 0.5) is 36.3 Å². The Morgan fingerprint density at radius 1 is 0.967 bits per heavy atom. The second-order valence-electron chi connectivity index (χ2n) is 7.19. The number of hydrogen-bond donors (Lipinski definition) is 2. The summed E-state index contributed by atoms with van der Waals surface area (Å²) in [5.41, 5.74) is 1.67. The van der Waals surface area contributed by atoms with Crippen LogP contribution in [0.5, 0.6) is 0 Å². The summed E-state index contributed by atoms with van der Waals surface area (Å²) in [7, 11) is 0. The van der Waals surface area contributed by atoms with Crippen molar-refractivity contribution in [3.05, 3.63) is 71.4 Å². The van der Waals surface area contributed by atoms with E-state index in [0.717, 1.165) is 18.2 Å². The molecular weight excluding hydrogens is 391 g/mol. The smallest absolute Gasteiger partial charge is 0.340 e. The van der Waals surface area contributed by atoms with Crippen LogP contribution >= 0.6 is 0 Å². The summed E-state index contributed by atoms with van der Waals surface area (Å²) in [4.78, 5) is 7.81. The minimum Gasteiger partial charge on any atom is -0.340 e. The predicted molar refractivity (Wildman–Crippen MR) is 110 cm³/mol. The molecular formula is C22H20F3N5. The van der Waals surface area contributed by atoms with Gasteiger partial charge in [-0.25, -0.2) is 4.98 Å². The molecule has 0 radical (unpaired) electrons. The molecule has 1 heterocycles. The molecule has 154 valence electrons. The summed E-state index contributed by atoms with van der Waals surface area (Å²) in [6.07, 6.45) is -2.97. The molecule has 0 atom stereocenters. The van der Waals surface area contributed by atoms with Gasteiger partial charge < -0.3 is 10.6 Å². The molecule has 0 aliphatic heterocycles. The van der Waals surface area contributed by atoms with Gasteiger partial charge in [0.05, 0.1) is 11.6 Å². The topological polar surface area (TPSA) is 73.6 Å². The van der Waals surface area contributed by atoms with Crippen LogP contribution in [0.1, 0.15) is 30.5 Å². The van der Waals surface area contributed by atoms with Gasteiger partial charge in [0, 0.05) is 17.6 Å². The molecule has 2 aromatic carbocycles. The Hall–Kier alpha value is -3.60. The number of anilines is 4. The average molecular weight is 411 g/mol. The Balaban J connectivity index is 1.86. The largest absolute Gasteiger partial charge is 0.421 e. The molecule has 1 aromatic heterocycles. The van der Waals surface area contributed by atoms with E-state index in [2.05, 4.69) is 34.4 Å². The molecule has 0 saturated heterocycles. The fourth-order valence-electron chi connectivity index (χ4n) is 2.83. The highest BCUT2D eigenvalue weighted by molar-refractivity contribution is 5.63. The first-order chi connectivity index (χ1) is 14.2.